The number of aryl methyl sites for hydroxylation is 2. The van der Waals surface area contributed by atoms with E-state index in [1.54, 1.807) is 18.2 Å². The van der Waals surface area contributed by atoms with Gasteiger partial charge in [-0.05, 0) is 61.2 Å². The number of amides is 3. The van der Waals surface area contributed by atoms with Gasteiger partial charge in [0, 0.05) is 22.1 Å². The molecule has 8 heteroatoms. The Hall–Kier alpha value is -3.91. The molecule has 3 N–H and O–H groups in total. The molecule has 3 amide bonds. The molecule has 0 aliphatic rings. The largest absolute Gasteiger partial charge is 0.347 e. The molecule has 0 saturated heterocycles. The summed E-state index contributed by atoms with van der Waals surface area (Å²) in [6.07, 6.45) is 0.601. The van der Waals surface area contributed by atoms with Crippen LogP contribution in [0, 0.1) is 13.8 Å². The van der Waals surface area contributed by atoms with E-state index in [1.807, 2.05) is 68.4 Å². The van der Waals surface area contributed by atoms with Crippen molar-refractivity contribution in [3.8, 4) is 0 Å². The van der Waals surface area contributed by atoms with Crippen LogP contribution in [-0.2, 0) is 16.0 Å². The number of nitrogens with zero attached hydrogens (tertiary/aromatic N) is 1. The average Bonchev–Trinajstić information content (AvgIpc) is 3.19. The number of carbonyl (C=O) groups is 3. The predicted octanol–water partition coefficient (Wildman–Crippen LogP) is 4.70. The first kappa shape index (κ1) is 24.2. The quantitative estimate of drug-likeness (QED) is 0.314. The summed E-state index contributed by atoms with van der Waals surface area (Å²) in [7, 11) is 0. The van der Waals surface area contributed by atoms with Crippen LogP contribution in [0.4, 0.5) is 5.69 Å². The average molecular weight is 533 g/mol. The smallest absolute Gasteiger partial charge is 0.328 e. The number of para-hydroxylation sites is 1. The molecule has 7 nitrogen and oxygen atoms in total. The topological polar surface area (TPSA) is 92.2 Å². The van der Waals surface area contributed by atoms with Crippen LogP contribution in [0.2, 0.25) is 0 Å². The van der Waals surface area contributed by atoms with E-state index >= 15 is 0 Å². The Labute approximate surface area is 211 Å². The number of hydrogen-bond acceptors (Lipinski definition) is 3. The number of carbonyl (C=O) groups excluding carboxylic acids is 3. The number of hydrogen-bond donors (Lipinski definition) is 3. The molecule has 0 atom stereocenters. The van der Waals surface area contributed by atoms with Gasteiger partial charge < -0.3 is 10.6 Å². The van der Waals surface area contributed by atoms with Gasteiger partial charge in [-0.15, -0.1) is 0 Å². The molecule has 0 saturated carbocycles. The van der Waals surface area contributed by atoms with Crippen molar-refractivity contribution in [3.63, 3.8) is 0 Å². The highest BCUT2D eigenvalue weighted by Gasteiger charge is 2.21. The molecule has 0 bridgehead atoms. The van der Waals surface area contributed by atoms with Gasteiger partial charge in [-0.2, -0.15) is 0 Å². The molecule has 4 rings (SSSR count). The van der Waals surface area contributed by atoms with Crippen molar-refractivity contribution in [3.05, 3.63) is 99.7 Å². The highest BCUT2D eigenvalue weighted by Crippen LogP contribution is 2.25. The molecule has 4 aromatic rings. The van der Waals surface area contributed by atoms with Gasteiger partial charge in [0.2, 0.25) is 0 Å². The molecule has 3 aromatic carbocycles. The maximum absolute atomic E-state index is 13.3. The summed E-state index contributed by atoms with van der Waals surface area (Å²) in [4.78, 5) is 38.5. The molecule has 1 aromatic heterocycles. The third-order valence-electron chi connectivity index (χ3n) is 5.68. The zero-order chi connectivity index (χ0) is 24.9. The Morgan fingerprint density at radius 3 is 2.29 bits per heavy atom. The Kier molecular flexibility index (Phi) is 7.31. The van der Waals surface area contributed by atoms with Crippen LogP contribution >= 0.6 is 15.9 Å². The lowest BCUT2D eigenvalue weighted by atomic mass is 10.1. The van der Waals surface area contributed by atoms with Gasteiger partial charge in [-0.25, -0.2) is 4.68 Å². The van der Waals surface area contributed by atoms with Crippen LogP contribution in [0.5, 0.6) is 0 Å². The molecular formula is C27H25BrN4O3. The van der Waals surface area contributed by atoms with Crippen molar-refractivity contribution in [1.29, 1.82) is 0 Å². The van der Waals surface area contributed by atoms with Crippen molar-refractivity contribution in [2.45, 2.75) is 20.3 Å². The molecule has 0 unspecified atom stereocenters. The second kappa shape index (κ2) is 10.6. The molecule has 0 radical (unpaired) electrons. The van der Waals surface area contributed by atoms with E-state index in [1.165, 1.54) is 4.68 Å². The zero-order valence-electron chi connectivity index (χ0n) is 19.4. The van der Waals surface area contributed by atoms with Crippen LogP contribution in [0.15, 0.2) is 77.3 Å². The van der Waals surface area contributed by atoms with Crippen LogP contribution in [0.25, 0.3) is 10.9 Å². The summed E-state index contributed by atoms with van der Waals surface area (Å²) in [6.45, 7) is 4.14. The van der Waals surface area contributed by atoms with Crippen LogP contribution < -0.4 is 16.1 Å². The van der Waals surface area contributed by atoms with E-state index in [2.05, 4.69) is 32.0 Å². The molecular weight excluding hydrogens is 508 g/mol. The van der Waals surface area contributed by atoms with Crippen LogP contribution in [0.3, 0.4) is 0 Å². The number of benzene rings is 3. The van der Waals surface area contributed by atoms with E-state index in [4.69, 9.17) is 0 Å². The first-order valence-corrected chi connectivity index (χ1v) is 11.9. The SMILES string of the molecule is Cc1cccc(C)c1NC(=O)c1cc2cc(Br)ccc2n1NC(=O)C(=O)NCCc1ccccc1. The lowest BCUT2D eigenvalue weighted by Crippen LogP contribution is -2.40. The molecule has 1 heterocycles. The number of anilines is 1. The van der Waals surface area contributed by atoms with E-state index in [0.717, 1.165) is 26.5 Å². The Morgan fingerprint density at radius 1 is 0.857 bits per heavy atom. The molecule has 0 aliphatic heterocycles. The number of fused-ring (bicyclic) bond motifs is 1. The maximum atomic E-state index is 13.3. The van der Waals surface area contributed by atoms with Crippen molar-refractivity contribution in [2.24, 2.45) is 0 Å². The Morgan fingerprint density at radius 2 is 1.57 bits per heavy atom. The van der Waals surface area contributed by atoms with Gasteiger partial charge in [0.1, 0.15) is 5.69 Å². The highest BCUT2D eigenvalue weighted by molar-refractivity contribution is 9.10. The van der Waals surface area contributed by atoms with E-state index < -0.39 is 17.7 Å². The van der Waals surface area contributed by atoms with Crippen LogP contribution in [-0.4, -0.2) is 28.9 Å². The van der Waals surface area contributed by atoms with Crippen molar-refractivity contribution < 1.29 is 14.4 Å². The fourth-order valence-corrected chi connectivity index (χ4v) is 4.24. The van der Waals surface area contributed by atoms with E-state index in [0.29, 0.717) is 24.2 Å². The standard InChI is InChI=1S/C27H25BrN4O3/c1-17-7-6-8-18(2)24(17)30-25(33)23-16-20-15-21(28)11-12-22(20)32(23)31-27(35)26(34)29-14-13-19-9-4-3-5-10-19/h3-12,15-16H,13-14H2,1-2H3,(H,29,34)(H,30,33)(H,31,35). The van der Waals surface area contributed by atoms with E-state index in [9.17, 15) is 14.4 Å². The molecule has 0 fully saturated rings. The van der Waals surface area contributed by atoms with Crippen LogP contribution in [0.1, 0.15) is 27.2 Å². The van der Waals surface area contributed by atoms with Crippen molar-refractivity contribution in [2.75, 3.05) is 17.3 Å². The molecule has 0 aliphatic carbocycles. The van der Waals surface area contributed by atoms with Crippen molar-refractivity contribution >= 4 is 50.2 Å². The van der Waals surface area contributed by atoms with Gasteiger partial charge in [0.05, 0.1) is 5.52 Å². The van der Waals surface area contributed by atoms with Gasteiger partial charge in [0.25, 0.3) is 5.91 Å². The Balaban J connectivity index is 1.55. The van der Waals surface area contributed by atoms with E-state index in [-0.39, 0.29) is 5.69 Å². The third kappa shape index (κ3) is 5.60. The minimum atomic E-state index is -0.861. The zero-order valence-corrected chi connectivity index (χ0v) is 21.0. The summed E-state index contributed by atoms with van der Waals surface area (Å²) >= 11 is 3.44. The number of nitrogens with one attached hydrogen (secondary N) is 3. The molecule has 35 heavy (non-hydrogen) atoms. The number of halogens is 1. The molecule has 178 valence electrons. The number of aromatic nitrogens is 1. The second-order valence-electron chi connectivity index (χ2n) is 8.22. The third-order valence-corrected chi connectivity index (χ3v) is 6.17. The van der Waals surface area contributed by atoms with Gasteiger partial charge in [-0.3, -0.25) is 19.8 Å². The maximum Gasteiger partial charge on any atom is 0.328 e. The minimum absolute atomic E-state index is 0.200. The monoisotopic (exact) mass is 532 g/mol. The fraction of sp³-hybridized carbons (Fsp3) is 0.148. The normalized spacial score (nSPS) is 10.7. The number of rotatable bonds is 6. The predicted molar refractivity (Wildman–Crippen MR) is 141 cm³/mol. The lowest BCUT2D eigenvalue weighted by molar-refractivity contribution is -0.136. The molecule has 0 spiro atoms. The summed E-state index contributed by atoms with van der Waals surface area (Å²) < 4.78 is 2.18. The van der Waals surface area contributed by atoms with Gasteiger partial charge >= 0.3 is 11.8 Å². The fourth-order valence-electron chi connectivity index (χ4n) is 3.86. The first-order valence-electron chi connectivity index (χ1n) is 11.1. The second-order valence-corrected chi connectivity index (χ2v) is 9.14. The summed E-state index contributed by atoms with van der Waals surface area (Å²) in [5, 5.41) is 6.31. The summed E-state index contributed by atoms with van der Waals surface area (Å²) in [5.74, 6) is -2.04. The highest BCUT2D eigenvalue weighted by atomic mass is 79.9. The Bertz CT molecular complexity index is 1390. The minimum Gasteiger partial charge on any atom is -0.347 e. The summed E-state index contributed by atoms with van der Waals surface area (Å²) in [5.41, 5.74) is 6.98. The lowest BCUT2D eigenvalue weighted by Gasteiger charge is -2.14. The summed E-state index contributed by atoms with van der Waals surface area (Å²) in [6, 6.07) is 22.5. The van der Waals surface area contributed by atoms with Gasteiger partial charge in [-0.1, -0.05) is 64.5 Å². The van der Waals surface area contributed by atoms with Crippen molar-refractivity contribution in [1.82, 2.24) is 9.99 Å². The first-order chi connectivity index (χ1) is 16.8. The van der Waals surface area contributed by atoms with Gasteiger partial charge in [0.15, 0.2) is 0 Å².